The topological polar surface area (TPSA) is 38.7 Å². The molecule has 0 aromatic heterocycles. The molecule has 0 saturated heterocycles. The monoisotopic (exact) mass is 458 g/mol. The molecule has 0 radical (unpaired) electrons. The fraction of sp³-hybridized carbons (Fsp3) is 0.481. The van der Waals surface area contributed by atoms with E-state index in [-0.39, 0.29) is 11.2 Å². The number of alkyl halides is 3. The highest BCUT2D eigenvalue weighted by Crippen LogP contribution is 2.62. The molecule has 0 heterocycles. The minimum Gasteiger partial charge on any atom is -0.497 e. The van der Waals surface area contributed by atoms with Crippen LogP contribution in [-0.4, -0.2) is 24.7 Å². The Morgan fingerprint density at radius 2 is 1.79 bits per heavy atom. The number of methoxy groups -OCH3 is 1. The number of ether oxygens (including phenoxy) is 2. The summed E-state index contributed by atoms with van der Waals surface area (Å²) < 4.78 is 46.7. The molecule has 3 aliphatic rings. The molecule has 0 spiro atoms. The molecule has 0 bridgehead atoms. The van der Waals surface area contributed by atoms with Crippen LogP contribution in [0.25, 0.3) is 6.08 Å². The molecule has 0 aliphatic heterocycles. The van der Waals surface area contributed by atoms with E-state index in [9.17, 15) is 18.3 Å². The normalized spacial score (nSPS) is 32.1. The number of aryl methyl sites for hydroxylation is 1. The van der Waals surface area contributed by atoms with E-state index in [0.29, 0.717) is 17.8 Å². The van der Waals surface area contributed by atoms with Gasteiger partial charge >= 0.3 is 6.36 Å². The smallest absolute Gasteiger partial charge is 0.497 e. The highest BCUT2D eigenvalue weighted by atomic mass is 19.4. The van der Waals surface area contributed by atoms with E-state index in [2.05, 4.69) is 29.9 Å². The first-order valence-corrected chi connectivity index (χ1v) is 11.6. The van der Waals surface area contributed by atoms with Crippen LogP contribution in [0.2, 0.25) is 0 Å². The summed E-state index contributed by atoms with van der Waals surface area (Å²) in [6, 6.07) is 12.3. The third-order valence-electron chi connectivity index (χ3n) is 8.27. The third kappa shape index (κ3) is 4.03. The molecule has 3 aliphatic carbocycles. The van der Waals surface area contributed by atoms with Crippen molar-refractivity contribution >= 4 is 6.08 Å². The summed E-state index contributed by atoms with van der Waals surface area (Å²) in [5.41, 5.74) is 4.40. The number of hydrogen-bond donors (Lipinski definition) is 1. The lowest BCUT2D eigenvalue weighted by Crippen LogP contribution is -2.44. The molecule has 2 fully saturated rings. The number of halogens is 3. The van der Waals surface area contributed by atoms with Crippen molar-refractivity contribution in [3.05, 3.63) is 64.7 Å². The Balaban J connectivity index is 1.38. The van der Waals surface area contributed by atoms with Gasteiger partial charge < -0.3 is 14.6 Å². The van der Waals surface area contributed by atoms with Gasteiger partial charge in [-0.2, -0.15) is 0 Å². The van der Waals surface area contributed by atoms with Gasteiger partial charge in [0.1, 0.15) is 11.5 Å². The maximum Gasteiger partial charge on any atom is 0.573 e. The molecule has 3 nitrogen and oxygen atoms in total. The molecule has 0 amide bonds. The molecule has 33 heavy (non-hydrogen) atoms. The van der Waals surface area contributed by atoms with Crippen molar-refractivity contribution in [1.29, 1.82) is 0 Å². The van der Waals surface area contributed by atoms with Crippen LogP contribution in [0.3, 0.4) is 0 Å². The van der Waals surface area contributed by atoms with Gasteiger partial charge in [0.25, 0.3) is 0 Å². The van der Waals surface area contributed by atoms with Crippen molar-refractivity contribution in [1.82, 2.24) is 0 Å². The molecule has 5 rings (SSSR count). The fourth-order valence-electron chi connectivity index (χ4n) is 6.66. The average Bonchev–Trinajstić information content (AvgIpc) is 3.04. The van der Waals surface area contributed by atoms with Crippen LogP contribution < -0.4 is 9.47 Å². The van der Waals surface area contributed by atoms with Crippen LogP contribution in [0, 0.1) is 17.3 Å². The maximum absolute atomic E-state index is 12.4. The van der Waals surface area contributed by atoms with Gasteiger partial charge in [0, 0.05) is 5.41 Å². The van der Waals surface area contributed by atoms with Crippen molar-refractivity contribution in [2.45, 2.75) is 57.4 Å². The lowest BCUT2D eigenvalue weighted by atomic mass is 9.55. The van der Waals surface area contributed by atoms with Gasteiger partial charge in [-0.15, -0.1) is 13.2 Å². The van der Waals surface area contributed by atoms with Gasteiger partial charge in [-0.25, -0.2) is 0 Å². The SMILES string of the molecule is COc1ccc2c(c1)CCC1C2CCC2(C)C(O)/C(=C\c3ccc(OC(F)(F)F)cc3)CC12. The number of rotatable bonds is 3. The van der Waals surface area contributed by atoms with Crippen molar-refractivity contribution < 1.29 is 27.8 Å². The minimum absolute atomic E-state index is 0.170. The number of aliphatic hydroxyl groups is 1. The van der Waals surface area contributed by atoms with Gasteiger partial charge in [0.05, 0.1) is 13.2 Å². The van der Waals surface area contributed by atoms with Crippen molar-refractivity contribution in [3.8, 4) is 11.5 Å². The summed E-state index contributed by atoms with van der Waals surface area (Å²) in [6.07, 6.45) is 1.68. The maximum atomic E-state index is 12.4. The van der Waals surface area contributed by atoms with Gasteiger partial charge in [-0.1, -0.05) is 31.2 Å². The van der Waals surface area contributed by atoms with Crippen LogP contribution in [0.15, 0.2) is 48.0 Å². The number of fused-ring (bicyclic) bond motifs is 5. The summed E-state index contributed by atoms with van der Waals surface area (Å²) in [6.45, 7) is 2.21. The van der Waals surface area contributed by atoms with Crippen LogP contribution in [0.4, 0.5) is 13.2 Å². The largest absolute Gasteiger partial charge is 0.573 e. The molecule has 5 atom stereocenters. The van der Waals surface area contributed by atoms with E-state index in [1.807, 2.05) is 6.08 Å². The Labute approximate surface area is 192 Å². The average molecular weight is 459 g/mol. The Bertz CT molecular complexity index is 1060. The summed E-state index contributed by atoms with van der Waals surface area (Å²) >= 11 is 0. The zero-order chi connectivity index (χ0) is 23.4. The molecule has 176 valence electrons. The highest BCUT2D eigenvalue weighted by molar-refractivity contribution is 5.56. The zero-order valence-corrected chi connectivity index (χ0v) is 18.9. The van der Waals surface area contributed by atoms with E-state index in [0.717, 1.165) is 49.0 Å². The summed E-state index contributed by atoms with van der Waals surface area (Å²) in [7, 11) is 1.70. The number of hydrogen-bond acceptors (Lipinski definition) is 3. The number of aliphatic hydroxyl groups excluding tert-OH is 1. The predicted molar refractivity (Wildman–Crippen MR) is 120 cm³/mol. The number of benzene rings is 2. The third-order valence-corrected chi connectivity index (χ3v) is 8.27. The van der Waals surface area contributed by atoms with Crippen LogP contribution in [-0.2, 0) is 6.42 Å². The molecule has 2 aromatic carbocycles. The summed E-state index contributed by atoms with van der Waals surface area (Å²) in [5, 5.41) is 11.3. The minimum atomic E-state index is -4.70. The molecular formula is C27H29F3O3. The van der Waals surface area contributed by atoms with Gasteiger partial charge in [-0.3, -0.25) is 0 Å². The second-order valence-corrected chi connectivity index (χ2v) is 9.97. The van der Waals surface area contributed by atoms with Crippen molar-refractivity contribution in [2.75, 3.05) is 7.11 Å². The Morgan fingerprint density at radius 1 is 1.06 bits per heavy atom. The molecule has 2 aromatic rings. The van der Waals surface area contributed by atoms with E-state index < -0.39 is 12.5 Å². The first kappa shape index (κ1) is 22.3. The van der Waals surface area contributed by atoms with Gasteiger partial charge in [0.2, 0.25) is 0 Å². The first-order valence-electron chi connectivity index (χ1n) is 11.6. The standard InChI is InChI=1S/C27H29F3O3/c1-26-12-11-22-21-10-8-20(32-2)14-17(21)5-9-23(22)24(26)15-18(25(26)31)13-16-3-6-19(7-4-16)33-27(28,29)30/h3-4,6-8,10,13-14,22-25,31H,5,9,11-12,15H2,1-2H3/b18-13-. The summed E-state index contributed by atoms with van der Waals surface area (Å²) in [4.78, 5) is 0. The van der Waals surface area contributed by atoms with E-state index in [4.69, 9.17) is 4.74 Å². The van der Waals surface area contributed by atoms with E-state index >= 15 is 0 Å². The van der Waals surface area contributed by atoms with Crippen LogP contribution >= 0.6 is 0 Å². The molecule has 2 saturated carbocycles. The molecule has 5 unspecified atom stereocenters. The van der Waals surface area contributed by atoms with Crippen LogP contribution in [0.1, 0.15) is 55.2 Å². The van der Waals surface area contributed by atoms with Crippen molar-refractivity contribution in [3.63, 3.8) is 0 Å². The Kier molecular flexibility index (Phi) is 5.47. The lowest BCUT2D eigenvalue weighted by molar-refractivity contribution is -0.274. The summed E-state index contributed by atoms with van der Waals surface area (Å²) in [5.74, 6) is 2.08. The fourth-order valence-corrected chi connectivity index (χ4v) is 6.66. The van der Waals surface area contributed by atoms with Gasteiger partial charge in [-0.05, 0) is 96.4 Å². The van der Waals surface area contributed by atoms with Crippen molar-refractivity contribution in [2.24, 2.45) is 17.3 Å². The second-order valence-electron chi connectivity index (χ2n) is 9.97. The molecule has 6 heteroatoms. The Morgan fingerprint density at radius 3 is 2.48 bits per heavy atom. The van der Waals surface area contributed by atoms with E-state index in [1.54, 1.807) is 19.2 Å². The Hall–Kier alpha value is -2.47. The van der Waals surface area contributed by atoms with E-state index in [1.165, 1.54) is 23.3 Å². The van der Waals surface area contributed by atoms with Gasteiger partial charge in [0.15, 0.2) is 0 Å². The second kappa shape index (κ2) is 8.08. The molecule has 1 N–H and O–H groups in total. The highest BCUT2D eigenvalue weighted by Gasteiger charge is 2.56. The first-order chi connectivity index (χ1) is 15.7. The predicted octanol–water partition coefficient (Wildman–Crippen LogP) is 6.50. The zero-order valence-electron chi connectivity index (χ0n) is 18.9. The van der Waals surface area contributed by atoms with Crippen LogP contribution in [0.5, 0.6) is 11.5 Å². The lowest BCUT2D eigenvalue weighted by Gasteiger charge is -2.49. The molecular weight excluding hydrogens is 429 g/mol. The quantitative estimate of drug-likeness (QED) is 0.570.